The van der Waals surface area contributed by atoms with Crippen LogP contribution in [0.5, 0.6) is 0 Å². The van der Waals surface area contributed by atoms with Crippen molar-refractivity contribution in [3.63, 3.8) is 0 Å². The van der Waals surface area contributed by atoms with Gasteiger partial charge in [-0.1, -0.05) is 32.4 Å². The predicted molar refractivity (Wildman–Crippen MR) is 62.0 cm³/mol. The summed E-state index contributed by atoms with van der Waals surface area (Å²) in [4.78, 5) is 4.33. The fourth-order valence-electron chi connectivity index (χ4n) is 1.70. The molecule has 1 aliphatic rings. The fraction of sp³-hybridized carbons (Fsp3) is 0.417. The molecule has 0 spiro atoms. The van der Waals surface area contributed by atoms with Gasteiger partial charge in [-0.2, -0.15) is 0 Å². The third-order valence-corrected chi connectivity index (χ3v) is 2.83. The van der Waals surface area contributed by atoms with Crippen LogP contribution in [-0.2, 0) is 11.8 Å². The molecule has 2 rings (SSSR count). The molecule has 0 unspecified atom stereocenters. The van der Waals surface area contributed by atoms with Crippen molar-refractivity contribution >= 4 is 23.5 Å². The van der Waals surface area contributed by atoms with Crippen LogP contribution >= 0.6 is 11.6 Å². The predicted octanol–water partition coefficient (Wildman–Crippen LogP) is 3.90. The first-order valence-electron chi connectivity index (χ1n) is 4.84. The number of halogens is 1. The first-order chi connectivity index (χ1) is 6.48. The Morgan fingerprint density at radius 1 is 1.29 bits per heavy atom. The summed E-state index contributed by atoms with van der Waals surface area (Å²) < 4.78 is 0. The van der Waals surface area contributed by atoms with E-state index in [9.17, 15) is 0 Å². The van der Waals surface area contributed by atoms with Gasteiger partial charge in [-0.3, -0.25) is 4.99 Å². The summed E-state index contributed by atoms with van der Waals surface area (Å²) in [5.41, 5.74) is 3.59. The molecule has 1 aliphatic heterocycles. The topological polar surface area (TPSA) is 12.4 Å². The van der Waals surface area contributed by atoms with Crippen LogP contribution in [0.3, 0.4) is 0 Å². The van der Waals surface area contributed by atoms with Crippen LogP contribution in [0.2, 0.25) is 5.02 Å². The molecule has 0 aromatic heterocycles. The molecule has 74 valence electrons. The van der Waals surface area contributed by atoms with Crippen molar-refractivity contribution in [2.45, 2.75) is 32.6 Å². The highest BCUT2D eigenvalue weighted by molar-refractivity contribution is 6.31. The molecule has 14 heavy (non-hydrogen) atoms. The zero-order valence-electron chi connectivity index (χ0n) is 8.76. The maximum absolute atomic E-state index is 6.24. The lowest BCUT2D eigenvalue weighted by Gasteiger charge is -2.21. The van der Waals surface area contributed by atoms with Gasteiger partial charge in [0.2, 0.25) is 0 Å². The lowest BCUT2D eigenvalue weighted by atomic mass is 9.86. The van der Waals surface area contributed by atoms with E-state index in [1.165, 1.54) is 11.1 Å². The van der Waals surface area contributed by atoms with Gasteiger partial charge < -0.3 is 0 Å². The molecule has 1 nitrogen and oxygen atoms in total. The van der Waals surface area contributed by atoms with Crippen LogP contribution in [0.25, 0.3) is 0 Å². The third-order valence-electron chi connectivity index (χ3n) is 2.52. The highest BCUT2D eigenvalue weighted by Gasteiger charge is 2.20. The monoisotopic (exact) mass is 207 g/mol. The van der Waals surface area contributed by atoms with Crippen molar-refractivity contribution in [2.75, 3.05) is 0 Å². The van der Waals surface area contributed by atoms with E-state index in [1.54, 1.807) is 0 Å². The highest BCUT2D eigenvalue weighted by Crippen LogP contribution is 2.36. The first-order valence-corrected chi connectivity index (χ1v) is 5.22. The average molecular weight is 208 g/mol. The maximum atomic E-state index is 6.24. The molecule has 0 saturated carbocycles. The molecule has 0 saturated heterocycles. The molecule has 2 heteroatoms. The van der Waals surface area contributed by atoms with Crippen LogP contribution in [0.15, 0.2) is 17.1 Å². The number of hydrogen-bond donors (Lipinski definition) is 0. The van der Waals surface area contributed by atoms with E-state index in [0.29, 0.717) is 0 Å². The average Bonchev–Trinajstić information content (AvgIpc) is 2.47. The summed E-state index contributed by atoms with van der Waals surface area (Å²) >= 11 is 6.24. The lowest BCUT2D eigenvalue weighted by molar-refractivity contribution is 0.590. The quantitative estimate of drug-likeness (QED) is 0.612. The Balaban J connectivity index is 2.57. The van der Waals surface area contributed by atoms with E-state index in [4.69, 9.17) is 11.6 Å². The summed E-state index contributed by atoms with van der Waals surface area (Å²) in [6.07, 6.45) is 2.85. The van der Waals surface area contributed by atoms with Gasteiger partial charge in [0, 0.05) is 17.7 Å². The zero-order chi connectivity index (χ0) is 10.3. The highest BCUT2D eigenvalue weighted by atomic mass is 35.5. The van der Waals surface area contributed by atoms with Crippen LogP contribution in [0.4, 0.5) is 5.69 Å². The molecule has 1 heterocycles. The van der Waals surface area contributed by atoms with Crippen LogP contribution in [0.1, 0.15) is 31.9 Å². The van der Waals surface area contributed by atoms with E-state index in [1.807, 2.05) is 12.3 Å². The molecule has 0 bridgehead atoms. The Hall–Kier alpha value is -0.820. The minimum atomic E-state index is 0.0875. The SMILES string of the molecule is CC(C)(C)c1cc2c(cc1Cl)CC=N2. The van der Waals surface area contributed by atoms with Gasteiger partial charge in [-0.15, -0.1) is 0 Å². The van der Waals surface area contributed by atoms with Crippen molar-refractivity contribution < 1.29 is 0 Å². The minimum absolute atomic E-state index is 0.0875. The molecule has 0 radical (unpaired) electrons. The second kappa shape index (κ2) is 3.09. The Morgan fingerprint density at radius 2 is 2.00 bits per heavy atom. The molecule has 0 amide bonds. The van der Waals surface area contributed by atoms with Crippen molar-refractivity contribution in [1.29, 1.82) is 0 Å². The summed E-state index contributed by atoms with van der Waals surface area (Å²) in [5.74, 6) is 0. The summed E-state index contributed by atoms with van der Waals surface area (Å²) in [6, 6.07) is 4.16. The van der Waals surface area contributed by atoms with Crippen LogP contribution in [0, 0.1) is 0 Å². The summed E-state index contributed by atoms with van der Waals surface area (Å²) in [6.45, 7) is 6.50. The second-order valence-corrected chi connectivity index (χ2v) is 5.13. The normalized spacial score (nSPS) is 14.6. The molecule has 0 atom stereocenters. The van der Waals surface area contributed by atoms with E-state index < -0.39 is 0 Å². The van der Waals surface area contributed by atoms with E-state index in [0.717, 1.165) is 17.1 Å². The van der Waals surface area contributed by atoms with Crippen LogP contribution in [-0.4, -0.2) is 6.21 Å². The van der Waals surface area contributed by atoms with Gasteiger partial charge in [0.05, 0.1) is 5.69 Å². The number of rotatable bonds is 0. The Bertz CT molecular complexity index is 400. The van der Waals surface area contributed by atoms with Gasteiger partial charge in [-0.05, 0) is 28.7 Å². The minimum Gasteiger partial charge on any atom is -0.261 e. The van der Waals surface area contributed by atoms with Gasteiger partial charge in [0.1, 0.15) is 0 Å². The Labute approximate surface area is 89.8 Å². The number of fused-ring (bicyclic) bond motifs is 1. The smallest absolute Gasteiger partial charge is 0.0665 e. The molecule has 0 N–H and O–H groups in total. The van der Waals surface area contributed by atoms with Crippen LogP contribution < -0.4 is 0 Å². The van der Waals surface area contributed by atoms with Crippen molar-refractivity contribution in [3.05, 3.63) is 28.3 Å². The number of aliphatic imine (C=N–C) groups is 1. The van der Waals surface area contributed by atoms with E-state index >= 15 is 0 Å². The van der Waals surface area contributed by atoms with Gasteiger partial charge in [0.25, 0.3) is 0 Å². The number of hydrogen-bond acceptors (Lipinski definition) is 1. The van der Waals surface area contributed by atoms with Gasteiger partial charge in [-0.25, -0.2) is 0 Å². The molecular weight excluding hydrogens is 194 g/mol. The standard InChI is InChI=1S/C12H14ClN/c1-12(2,3)9-7-11-8(4-5-14-11)6-10(9)13/h5-7H,4H2,1-3H3. The first kappa shape index (κ1) is 9.72. The van der Waals surface area contributed by atoms with E-state index in [2.05, 4.69) is 31.8 Å². The zero-order valence-corrected chi connectivity index (χ0v) is 9.52. The largest absolute Gasteiger partial charge is 0.261 e. The van der Waals surface area contributed by atoms with Gasteiger partial charge >= 0.3 is 0 Å². The second-order valence-electron chi connectivity index (χ2n) is 4.73. The third kappa shape index (κ3) is 1.57. The molecule has 1 aromatic rings. The summed E-state index contributed by atoms with van der Waals surface area (Å²) in [7, 11) is 0. The van der Waals surface area contributed by atoms with Crippen molar-refractivity contribution in [3.8, 4) is 0 Å². The van der Waals surface area contributed by atoms with E-state index in [-0.39, 0.29) is 5.41 Å². The fourth-order valence-corrected chi connectivity index (χ4v) is 2.17. The molecule has 0 aliphatic carbocycles. The Kier molecular flexibility index (Phi) is 2.15. The maximum Gasteiger partial charge on any atom is 0.0665 e. The molecule has 1 aromatic carbocycles. The number of benzene rings is 1. The number of nitrogens with zero attached hydrogens (tertiary/aromatic N) is 1. The molecule has 0 fully saturated rings. The lowest BCUT2D eigenvalue weighted by Crippen LogP contribution is -2.11. The van der Waals surface area contributed by atoms with Gasteiger partial charge in [0.15, 0.2) is 0 Å². The Morgan fingerprint density at radius 3 is 2.64 bits per heavy atom. The summed E-state index contributed by atoms with van der Waals surface area (Å²) in [5, 5.41) is 0.863. The van der Waals surface area contributed by atoms with Crippen molar-refractivity contribution in [1.82, 2.24) is 0 Å². The van der Waals surface area contributed by atoms with Crippen molar-refractivity contribution in [2.24, 2.45) is 4.99 Å². The molecular formula is C12H14ClN.